The number of sulfone groups is 1. The summed E-state index contributed by atoms with van der Waals surface area (Å²) in [5.74, 6) is -2.87. The Morgan fingerprint density at radius 3 is 2.65 bits per heavy atom. The van der Waals surface area contributed by atoms with Crippen LogP contribution in [0.1, 0.15) is 6.42 Å². The molecule has 1 atom stereocenters. The van der Waals surface area contributed by atoms with Crippen LogP contribution in [0.4, 0.5) is 14.5 Å². The molecule has 1 saturated heterocycles. The van der Waals surface area contributed by atoms with Gasteiger partial charge in [0.2, 0.25) is 5.82 Å². The lowest BCUT2D eigenvalue weighted by Crippen LogP contribution is -2.19. The van der Waals surface area contributed by atoms with E-state index in [1.54, 1.807) is 0 Å². The smallest absolute Gasteiger partial charge is 0.202 e. The van der Waals surface area contributed by atoms with Gasteiger partial charge in [-0.3, -0.25) is 0 Å². The van der Waals surface area contributed by atoms with Crippen LogP contribution in [0.25, 0.3) is 0 Å². The highest BCUT2D eigenvalue weighted by molar-refractivity contribution is 7.91. The van der Waals surface area contributed by atoms with Gasteiger partial charge in [0.1, 0.15) is 6.10 Å². The Balaban J connectivity index is 2.23. The molecule has 0 aliphatic carbocycles. The van der Waals surface area contributed by atoms with Crippen molar-refractivity contribution in [1.29, 1.82) is 0 Å². The molecular formula is C10H11F2NO3S. The van der Waals surface area contributed by atoms with Crippen molar-refractivity contribution in [1.82, 2.24) is 0 Å². The maximum absolute atomic E-state index is 13.4. The van der Waals surface area contributed by atoms with Crippen LogP contribution in [-0.4, -0.2) is 26.0 Å². The molecule has 1 aliphatic rings. The van der Waals surface area contributed by atoms with E-state index in [-0.39, 0.29) is 23.6 Å². The normalized spacial score (nSPS) is 22.6. The van der Waals surface area contributed by atoms with Gasteiger partial charge in [0.25, 0.3) is 0 Å². The first-order valence-electron chi connectivity index (χ1n) is 4.99. The minimum Gasteiger partial charge on any atom is -0.484 e. The first kappa shape index (κ1) is 12.1. The number of hydrogen-bond donors (Lipinski definition) is 1. The van der Waals surface area contributed by atoms with Crippen molar-refractivity contribution in [3.05, 3.63) is 23.8 Å². The van der Waals surface area contributed by atoms with E-state index in [4.69, 9.17) is 10.5 Å². The molecule has 17 heavy (non-hydrogen) atoms. The van der Waals surface area contributed by atoms with Gasteiger partial charge in [-0.1, -0.05) is 0 Å². The van der Waals surface area contributed by atoms with Crippen LogP contribution in [0.2, 0.25) is 0 Å². The number of rotatable bonds is 2. The SMILES string of the molecule is Nc1ccc(F)c(F)c1OC1CCS(=O)(=O)C1. The highest BCUT2D eigenvalue weighted by atomic mass is 32.2. The standard InChI is InChI=1S/C10H11F2NO3S/c11-7-1-2-8(13)10(9(7)12)16-6-3-4-17(14,15)5-6/h1-2,6H,3-5,13H2. The molecule has 2 N–H and O–H groups in total. The molecule has 0 saturated carbocycles. The van der Waals surface area contributed by atoms with E-state index in [9.17, 15) is 17.2 Å². The fraction of sp³-hybridized carbons (Fsp3) is 0.400. The summed E-state index contributed by atoms with van der Waals surface area (Å²) in [6.07, 6.45) is -0.406. The third-order valence-electron chi connectivity index (χ3n) is 2.56. The Morgan fingerprint density at radius 1 is 1.35 bits per heavy atom. The summed E-state index contributed by atoms with van der Waals surface area (Å²) < 4.78 is 53.8. The molecular weight excluding hydrogens is 252 g/mol. The number of halogens is 2. The van der Waals surface area contributed by atoms with Crippen molar-refractivity contribution in [2.24, 2.45) is 0 Å². The summed E-state index contributed by atoms with van der Waals surface area (Å²) in [7, 11) is -3.13. The average molecular weight is 263 g/mol. The maximum atomic E-state index is 13.4. The number of hydrogen-bond acceptors (Lipinski definition) is 4. The molecule has 1 heterocycles. The van der Waals surface area contributed by atoms with Gasteiger partial charge in [-0.05, 0) is 18.6 Å². The minimum atomic E-state index is -3.13. The zero-order chi connectivity index (χ0) is 12.6. The summed E-state index contributed by atoms with van der Waals surface area (Å²) >= 11 is 0. The predicted molar refractivity (Wildman–Crippen MR) is 58.5 cm³/mol. The van der Waals surface area contributed by atoms with Crippen LogP contribution in [0.5, 0.6) is 5.75 Å². The maximum Gasteiger partial charge on any atom is 0.202 e. The summed E-state index contributed by atoms with van der Waals surface area (Å²) in [6, 6.07) is 2.07. The molecule has 1 aliphatic heterocycles. The van der Waals surface area contributed by atoms with E-state index in [1.165, 1.54) is 6.07 Å². The molecule has 1 aromatic rings. The Hall–Kier alpha value is -1.37. The van der Waals surface area contributed by atoms with E-state index < -0.39 is 33.3 Å². The van der Waals surface area contributed by atoms with Gasteiger partial charge in [0.15, 0.2) is 21.4 Å². The lowest BCUT2D eigenvalue weighted by molar-refractivity contribution is 0.217. The van der Waals surface area contributed by atoms with E-state index in [0.717, 1.165) is 6.07 Å². The van der Waals surface area contributed by atoms with Gasteiger partial charge in [0, 0.05) is 0 Å². The number of nitrogens with two attached hydrogens (primary N) is 1. The first-order chi connectivity index (χ1) is 7.89. The van der Waals surface area contributed by atoms with Gasteiger partial charge >= 0.3 is 0 Å². The van der Waals surface area contributed by atoms with Crippen LogP contribution >= 0.6 is 0 Å². The zero-order valence-electron chi connectivity index (χ0n) is 8.82. The Bertz CT molecular complexity index is 545. The second kappa shape index (κ2) is 4.14. The van der Waals surface area contributed by atoms with Crippen LogP contribution in [0, 0.1) is 11.6 Å². The number of ether oxygens (including phenoxy) is 1. The Morgan fingerprint density at radius 2 is 2.06 bits per heavy atom. The van der Waals surface area contributed by atoms with Crippen molar-refractivity contribution in [2.45, 2.75) is 12.5 Å². The second-order valence-electron chi connectivity index (χ2n) is 3.92. The second-order valence-corrected chi connectivity index (χ2v) is 6.15. The highest BCUT2D eigenvalue weighted by Gasteiger charge is 2.30. The molecule has 4 nitrogen and oxygen atoms in total. The Kier molecular flexibility index (Phi) is 2.94. The predicted octanol–water partition coefficient (Wildman–Crippen LogP) is 1.11. The van der Waals surface area contributed by atoms with Crippen molar-refractivity contribution < 1.29 is 21.9 Å². The fourth-order valence-electron chi connectivity index (χ4n) is 1.69. The lowest BCUT2D eigenvalue weighted by Gasteiger charge is -2.14. The average Bonchev–Trinajstić information content (AvgIpc) is 2.59. The van der Waals surface area contributed by atoms with Crippen LogP contribution in [0.15, 0.2) is 12.1 Å². The molecule has 2 rings (SSSR count). The van der Waals surface area contributed by atoms with Crippen molar-refractivity contribution in [3.8, 4) is 5.75 Å². The molecule has 1 aromatic carbocycles. The third-order valence-corrected chi connectivity index (χ3v) is 4.29. The first-order valence-corrected chi connectivity index (χ1v) is 6.82. The molecule has 1 fully saturated rings. The van der Waals surface area contributed by atoms with Gasteiger partial charge in [0.05, 0.1) is 17.2 Å². The fourth-order valence-corrected chi connectivity index (χ4v) is 3.28. The van der Waals surface area contributed by atoms with Crippen LogP contribution < -0.4 is 10.5 Å². The number of nitrogen functional groups attached to an aromatic ring is 1. The van der Waals surface area contributed by atoms with Crippen LogP contribution in [0.3, 0.4) is 0 Å². The van der Waals surface area contributed by atoms with E-state index >= 15 is 0 Å². The summed E-state index contributed by atoms with van der Waals surface area (Å²) in [5.41, 5.74) is 5.41. The van der Waals surface area contributed by atoms with Gasteiger partial charge in [-0.2, -0.15) is 4.39 Å². The molecule has 1 unspecified atom stereocenters. The van der Waals surface area contributed by atoms with E-state index in [0.29, 0.717) is 0 Å². The van der Waals surface area contributed by atoms with Gasteiger partial charge < -0.3 is 10.5 Å². The zero-order valence-corrected chi connectivity index (χ0v) is 9.64. The highest BCUT2D eigenvalue weighted by Crippen LogP contribution is 2.30. The van der Waals surface area contributed by atoms with Crippen molar-refractivity contribution >= 4 is 15.5 Å². The Labute approximate surface area is 97.3 Å². The molecule has 7 heteroatoms. The summed E-state index contributed by atoms with van der Waals surface area (Å²) in [6.45, 7) is 0. The van der Waals surface area contributed by atoms with Crippen LogP contribution in [-0.2, 0) is 9.84 Å². The van der Waals surface area contributed by atoms with Crippen molar-refractivity contribution in [3.63, 3.8) is 0 Å². The number of benzene rings is 1. The van der Waals surface area contributed by atoms with E-state index in [2.05, 4.69) is 0 Å². The molecule has 0 radical (unpaired) electrons. The van der Waals surface area contributed by atoms with Gasteiger partial charge in [-0.25, -0.2) is 12.8 Å². The molecule has 0 spiro atoms. The van der Waals surface area contributed by atoms with E-state index in [1.807, 2.05) is 0 Å². The largest absolute Gasteiger partial charge is 0.484 e. The van der Waals surface area contributed by atoms with Crippen molar-refractivity contribution in [2.75, 3.05) is 17.2 Å². The summed E-state index contributed by atoms with van der Waals surface area (Å²) in [5, 5.41) is 0. The minimum absolute atomic E-state index is 0.00545. The number of anilines is 1. The van der Waals surface area contributed by atoms with Gasteiger partial charge in [-0.15, -0.1) is 0 Å². The third kappa shape index (κ3) is 2.49. The quantitative estimate of drug-likeness (QED) is 0.812. The summed E-state index contributed by atoms with van der Waals surface area (Å²) in [4.78, 5) is 0. The molecule has 0 bridgehead atoms. The molecule has 0 amide bonds. The topological polar surface area (TPSA) is 69.4 Å². The lowest BCUT2D eigenvalue weighted by atomic mass is 10.2. The molecule has 94 valence electrons. The molecule has 0 aromatic heterocycles. The monoisotopic (exact) mass is 263 g/mol.